The molecule has 2 N–H and O–H groups in total. The van der Waals surface area contributed by atoms with Gasteiger partial charge in [-0.15, -0.1) is 11.3 Å². The van der Waals surface area contributed by atoms with E-state index in [0.717, 1.165) is 42.7 Å². The minimum atomic E-state index is 0.387. The zero-order valence-electron chi connectivity index (χ0n) is 10.9. The third-order valence-electron chi connectivity index (χ3n) is 3.33. The third kappa shape index (κ3) is 2.73. The van der Waals surface area contributed by atoms with Gasteiger partial charge >= 0.3 is 0 Å². The fourth-order valence-electron chi connectivity index (χ4n) is 2.22. The highest BCUT2D eigenvalue weighted by Crippen LogP contribution is 2.21. The lowest BCUT2D eigenvalue weighted by atomic mass is 10.2. The lowest BCUT2D eigenvalue weighted by molar-refractivity contribution is 0.646. The van der Waals surface area contributed by atoms with Gasteiger partial charge < -0.3 is 15.5 Å². The molecular weight excluding hydrogens is 290 g/mol. The van der Waals surface area contributed by atoms with Gasteiger partial charge in [-0.2, -0.15) is 0 Å². The van der Waals surface area contributed by atoms with Crippen LogP contribution in [-0.4, -0.2) is 41.1 Å². The molecule has 1 aliphatic heterocycles. The summed E-state index contributed by atoms with van der Waals surface area (Å²) in [6, 6.07) is 3.91. The zero-order valence-corrected chi connectivity index (χ0v) is 12.5. The van der Waals surface area contributed by atoms with Crippen molar-refractivity contribution in [3.63, 3.8) is 0 Å². The number of anilines is 2. The summed E-state index contributed by atoms with van der Waals surface area (Å²) in [6.07, 6.45) is 3.59. The maximum Gasteiger partial charge on any atom is 0.185 e. The molecule has 1 saturated heterocycles. The molecule has 3 rings (SSSR count). The van der Waals surface area contributed by atoms with Crippen molar-refractivity contribution in [2.24, 2.45) is 5.73 Å². The normalized spacial score (nSPS) is 15.4. The Morgan fingerprint density at radius 1 is 1.15 bits per heavy atom. The Hall–Kier alpha value is -1.73. The first-order valence-electron chi connectivity index (χ1n) is 6.39. The molecule has 0 aliphatic carbocycles. The van der Waals surface area contributed by atoms with Gasteiger partial charge in [0.25, 0.3) is 0 Å². The van der Waals surface area contributed by atoms with Crippen molar-refractivity contribution in [3.8, 4) is 0 Å². The van der Waals surface area contributed by atoms with E-state index in [1.165, 1.54) is 0 Å². The summed E-state index contributed by atoms with van der Waals surface area (Å²) in [7, 11) is 0. The second-order valence-corrected chi connectivity index (χ2v) is 5.87. The molecule has 0 saturated carbocycles. The van der Waals surface area contributed by atoms with E-state index in [2.05, 4.69) is 19.8 Å². The lowest BCUT2D eigenvalue weighted by Gasteiger charge is -2.35. The number of thiazole rings is 1. The van der Waals surface area contributed by atoms with Crippen molar-refractivity contribution >= 4 is 39.5 Å². The van der Waals surface area contributed by atoms with Crippen molar-refractivity contribution in [2.45, 2.75) is 0 Å². The molecule has 104 valence electrons. The van der Waals surface area contributed by atoms with E-state index < -0.39 is 0 Å². The highest BCUT2D eigenvalue weighted by atomic mass is 32.1. The number of pyridine rings is 1. The molecule has 1 fully saturated rings. The predicted octanol–water partition coefficient (Wildman–Crippen LogP) is 1.50. The molecule has 0 bridgehead atoms. The molecule has 0 aromatic carbocycles. The summed E-state index contributed by atoms with van der Waals surface area (Å²) in [6.45, 7) is 3.82. The van der Waals surface area contributed by atoms with E-state index in [9.17, 15) is 0 Å². The molecule has 3 heterocycles. The molecule has 7 heteroatoms. The Bertz CT molecular complexity index is 573. The van der Waals surface area contributed by atoms with Crippen LogP contribution in [0.25, 0.3) is 0 Å². The summed E-state index contributed by atoms with van der Waals surface area (Å²) >= 11 is 6.62. The molecule has 0 atom stereocenters. The maximum absolute atomic E-state index is 5.58. The highest BCUT2D eigenvalue weighted by molar-refractivity contribution is 7.80. The zero-order chi connectivity index (χ0) is 13.9. The molecule has 2 aromatic rings. The third-order valence-corrected chi connectivity index (χ3v) is 4.39. The van der Waals surface area contributed by atoms with Crippen LogP contribution in [-0.2, 0) is 0 Å². The lowest BCUT2D eigenvalue weighted by Crippen LogP contribution is -2.46. The molecule has 0 unspecified atom stereocenters. The average molecular weight is 305 g/mol. The van der Waals surface area contributed by atoms with Gasteiger partial charge in [-0.25, -0.2) is 9.97 Å². The second kappa shape index (κ2) is 5.72. The van der Waals surface area contributed by atoms with Gasteiger partial charge in [-0.1, -0.05) is 12.2 Å². The Kier molecular flexibility index (Phi) is 3.79. The van der Waals surface area contributed by atoms with Gasteiger partial charge in [0, 0.05) is 49.5 Å². The minimum absolute atomic E-state index is 0.387. The van der Waals surface area contributed by atoms with Crippen LogP contribution >= 0.6 is 23.6 Å². The summed E-state index contributed by atoms with van der Waals surface area (Å²) in [5.74, 6) is 0.976. The maximum atomic E-state index is 5.58. The van der Waals surface area contributed by atoms with Gasteiger partial charge in [-0.05, 0) is 12.1 Å². The monoisotopic (exact) mass is 305 g/mol. The number of aromatic nitrogens is 2. The van der Waals surface area contributed by atoms with Crippen LogP contribution in [0.15, 0.2) is 29.9 Å². The standard InChI is InChI=1S/C13H15N5S2/c14-12(19)10-1-2-11(16-9-10)17-4-6-18(7-5-17)13-15-3-8-20-13/h1-3,8-9H,4-7H2,(H2,14,19). The number of piperazine rings is 1. The Morgan fingerprint density at radius 3 is 2.45 bits per heavy atom. The topological polar surface area (TPSA) is 58.3 Å². The van der Waals surface area contributed by atoms with Gasteiger partial charge in [0.2, 0.25) is 0 Å². The van der Waals surface area contributed by atoms with Crippen LogP contribution in [0.3, 0.4) is 0 Å². The number of hydrogen-bond acceptors (Lipinski definition) is 6. The fraction of sp³-hybridized carbons (Fsp3) is 0.308. The van der Waals surface area contributed by atoms with E-state index in [1.807, 2.05) is 23.7 Å². The SMILES string of the molecule is NC(=S)c1ccc(N2CCN(c3nccs3)CC2)nc1. The van der Waals surface area contributed by atoms with E-state index >= 15 is 0 Å². The van der Waals surface area contributed by atoms with Crippen LogP contribution in [0.1, 0.15) is 5.56 Å². The van der Waals surface area contributed by atoms with E-state index in [4.69, 9.17) is 18.0 Å². The van der Waals surface area contributed by atoms with Crippen molar-refractivity contribution in [3.05, 3.63) is 35.5 Å². The van der Waals surface area contributed by atoms with Crippen molar-refractivity contribution < 1.29 is 0 Å². The van der Waals surface area contributed by atoms with E-state index in [0.29, 0.717) is 4.99 Å². The largest absolute Gasteiger partial charge is 0.389 e. The smallest absolute Gasteiger partial charge is 0.185 e. The first-order chi connectivity index (χ1) is 9.74. The molecule has 20 heavy (non-hydrogen) atoms. The summed E-state index contributed by atoms with van der Waals surface area (Å²) < 4.78 is 0. The van der Waals surface area contributed by atoms with Crippen LogP contribution in [0.4, 0.5) is 10.9 Å². The van der Waals surface area contributed by atoms with Crippen molar-refractivity contribution in [2.75, 3.05) is 36.0 Å². The second-order valence-electron chi connectivity index (χ2n) is 4.56. The van der Waals surface area contributed by atoms with Crippen molar-refractivity contribution in [1.29, 1.82) is 0 Å². The van der Waals surface area contributed by atoms with Crippen LogP contribution in [0.5, 0.6) is 0 Å². The van der Waals surface area contributed by atoms with Crippen LogP contribution in [0.2, 0.25) is 0 Å². The summed E-state index contributed by atoms with van der Waals surface area (Å²) in [5.41, 5.74) is 6.39. The first-order valence-corrected chi connectivity index (χ1v) is 7.68. The van der Waals surface area contributed by atoms with E-state index in [1.54, 1.807) is 17.5 Å². The quantitative estimate of drug-likeness (QED) is 0.867. The Balaban J connectivity index is 1.64. The summed E-state index contributed by atoms with van der Waals surface area (Å²) in [5, 5.41) is 3.11. The highest BCUT2D eigenvalue weighted by Gasteiger charge is 2.19. The molecule has 5 nitrogen and oxygen atoms in total. The van der Waals surface area contributed by atoms with Gasteiger partial charge in [-0.3, -0.25) is 0 Å². The molecule has 0 spiro atoms. The summed E-state index contributed by atoms with van der Waals surface area (Å²) in [4.78, 5) is 13.8. The minimum Gasteiger partial charge on any atom is -0.389 e. The van der Waals surface area contributed by atoms with E-state index in [-0.39, 0.29) is 0 Å². The number of nitrogens with two attached hydrogens (primary N) is 1. The fourth-order valence-corrected chi connectivity index (χ4v) is 3.04. The molecule has 2 aromatic heterocycles. The molecule has 0 radical (unpaired) electrons. The van der Waals surface area contributed by atoms with Gasteiger partial charge in [0.1, 0.15) is 10.8 Å². The number of hydrogen-bond donors (Lipinski definition) is 1. The van der Waals surface area contributed by atoms with Gasteiger partial charge in [0.15, 0.2) is 5.13 Å². The van der Waals surface area contributed by atoms with Gasteiger partial charge in [0.05, 0.1) is 0 Å². The Labute approximate surface area is 127 Å². The molecule has 1 aliphatic rings. The van der Waals surface area contributed by atoms with Crippen LogP contribution < -0.4 is 15.5 Å². The number of rotatable bonds is 3. The average Bonchev–Trinajstić information content (AvgIpc) is 3.02. The van der Waals surface area contributed by atoms with Crippen molar-refractivity contribution in [1.82, 2.24) is 9.97 Å². The predicted molar refractivity (Wildman–Crippen MR) is 86.7 cm³/mol. The van der Waals surface area contributed by atoms with Crippen LogP contribution in [0, 0.1) is 0 Å². The number of thiocarbonyl (C=S) groups is 1. The first kappa shape index (κ1) is 13.3. The number of nitrogens with zero attached hydrogens (tertiary/aromatic N) is 4. The molecule has 0 amide bonds. The molecular formula is C13H15N5S2. The Morgan fingerprint density at radius 2 is 1.90 bits per heavy atom.